The molecule has 3 aromatic rings. The van der Waals surface area contributed by atoms with Crippen LogP contribution in [0.3, 0.4) is 0 Å². The van der Waals surface area contributed by atoms with Gasteiger partial charge in [0.25, 0.3) is 0 Å². The molecule has 0 radical (unpaired) electrons. The molecule has 2 N–H and O–H groups in total. The summed E-state index contributed by atoms with van der Waals surface area (Å²) in [7, 11) is 3.57. The van der Waals surface area contributed by atoms with Crippen molar-refractivity contribution in [2.45, 2.75) is 19.5 Å². The number of pyridine rings is 1. The van der Waals surface area contributed by atoms with Crippen LogP contribution in [0.15, 0.2) is 43.1 Å². The lowest BCUT2D eigenvalue weighted by atomic mass is 10.1. The summed E-state index contributed by atoms with van der Waals surface area (Å²) < 4.78 is 3.58. The number of nitrogens with one attached hydrogen (secondary N) is 2. The number of carbonyl (C=O) groups is 1. The molecule has 0 aliphatic carbocycles. The Hall–Kier alpha value is -2.42. The minimum absolute atomic E-state index is 0. The molecule has 0 saturated heterocycles. The van der Waals surface area contributed by atoms with Gasteiger partial charge >= 0.3 is 0 Å². The first kappa shape index (κ1) is 22.6. The molecule has 10 heteroatoms. The second kappa shape index (κ2) is 10.1. The van der Waals surface area contributed by atoms with Crippen molar-refractivity contribution in [3.05, 3.63) is 60.1 Å². The average molecular weight is 412 g/mol. The van der Waals surface area contributed by atoms with Gasteiger partial charge in [-0.2, -0.15) is 5.10 Å². The van der Waals surface area contributed by atoms with E-state index in [4.69, 9.17) is 0 Å². The Bertz CT molecular complexity index is 860. The fourth-order valence-corrected chi connectivity index (χ4v) is 2.61. The predicted octanol–water partition coefficient (Wildman–Crippen LogP) is 1.73. The molecule has 3 rings (SSSR count). The topological polar surface area (TPSA) is 89.7 Å². The molecule has 1 atom stereocenters. The monoisotopic (exact) mass is 411 g/mol. The van der Waals surface area contributed by atoms with Crippen molar-refractivity contribution in [3.63, 3.8) is 0 Å². The number of nitrogens with zero attached hydrogens (tertiary/aromatic N) is 5. The van der Waals surface area contributed by atoms with Crippen molar-refractivity contribution in [3.8, 4) is 5.82 Å². The minimum Gasteiger partial charge on any atom is -0.350 e. The summed E-state index contributed by atoms with van der Waals surface area (Å²) in [4.78, 5) is 21.0. The van der Waals surface area contributed by atoms with Crippen LogP contribution < -0.4 is 10.6 Å². The Morgan fingerprint density at radius 3 is 2.52 bits per heavy atom. The van der Waals surface area contributed by atoms with Crippen LogP contribution in [0.4, 0.5) is 0 Å². The van der Waals surface area contributed by atoms with Gasteiger partial charge in [0.15, 0.2) is 0 Å². The third-order valence-corrected chi connectivity index (χ3v) is 3.96. The zero-order chi connectivity index (χ0) is 17.8. The van der Waals surface area contributed by atoms with E-state index in [0.29, 0.717) is 6.54 Å². The molecular formula is C17H23Cl2N7O. The Balaban J connectivity index is 0.00000182. The maximum atomic E-state index is 12.4. The fourth-order valence-electron chi connectivity index (χ4n) is 2.61. The molecule has 0 aliphatic rings. The van der Waals surface area contributed by atoms with Gasteiger partial charge in [0, 0.05) is 43.9 Å². The SMILES string of the molecule is CNC(C(=O)NCc1ccc(-n2ccnc2C)nc1)c1cnn(C)c1.Cl.Cl. The lowest BCUT2D eigenvalue weighted by Gasteiger charge is -2.14. The molecule has 0 spiro atoms. The molecular weight excluding hydrogens is 389 g/mol. The first-order valence-electron chi connectivity index (χ1n) is 7.97. The van der Waals surface area contributed by atoms with Gasteiger partial charge in [-0.25, -0.2) is 9.97 Å². The maximum Gasteiger partial charge on any atom is 0.242 e. The number of aromatic nitrogens is 5. The number of amides is 1. The molecule has 3 heterocycles. The molecule has 0 saturated carbocycles. The lowest BCUT2D eigenvalue weighted by Crippen LogP contribution is -2.35. The van der Waals surface area contributed by atoms with Crippen molar-refractivity contribution in [2.75, 3.05) is 7.05 Å². The van der Waals surface area contributed by atoms with Crippen molar-refractivity contribution in [1.82, 2.24) is 34.9 Å². The van der Waals surface area contributed by atoms with Gasteiger partial charge in [0.2, 0.25) is 5.91 Å². The number of rotatable bonds is 6. The fraction of sp³-hybridized carbons (Fsp3) is 0.294. The van der Waals surface area contributed by atoms with E-state index in [1.54, 1.807) is 30.3 Å². The highest BCUT2D eigenvalue weighted by atomic mass is 35.5. The predicted molar refractivity (Wildman–Crippen MR) is 107 cm³/mol. The Morgan fingerprint density at radius 2 is 2.00 bits per heavy atom. The van der Waals surface area contributed by atoms with Gasteiger partial charge in [-0.05, 0) is 25.6 Å². The molecule has 146 valence electrons. The molecule has 0 fully saturated rings. The number of hydrogen-bond donors (Lipinski definition) is 2. The van der Waals surface area contributed by atoms with Crippen LogP contribution in [0.5, 0.6) is 0 Å². The summed E-state index contributed by atoms with van der Waals surface area (Å²) in [6.45, 7) is 2.33. The molecule has 1 amide bonds. The van der Waals surface area contributed by atoms with Gasteiger partial charge in [-0.1, -0.05) is 6.07 Å². The van der Waals surface area contributed by atoms with E-state index in [1.807, 2.05) is 43.1 Å². The maximum absolute atomic E-state index is 12.4. The average Bonchev–Trinajstić information content (AvgIpc) is 3.23. The number of carbonyl (C=O) groups excluding carboxylic acids is 1. The molecule has 0 bridgehead atoms. The number of likely N-dealkylation sites (N-methyl/N-ethyl adjacent to an activating group) is 1. The van der Waals surface area contributed by atoms with Crippen LogP contribution in [0, 0.1) is 6.92 Å². The van der Waals surface area contributed by atoms with Gasteiger partial charge in [-0.15, -0.1) is 24.8 Å². The number of imidazole rings is 1. The van der Waals surface area contributed by atoms with E-state index < -0.39 is 6.04 Å². The standard InChI is InChI=1S/C17H21N7O.2ClH/c1-12-19-6-7-24(12)15-5-4-13(8-20-15)9-21-17(25)16(18-2)14-10-22-23(3)11-14;;/h4-8,10-11,16,18H,9H2,1-3H3,(H,21,25);2*1H. The van der Waals surface area contributed by atoms with E-state index in [1.165, 1.54) is 0 Å². The first-order valence-corrected chi connectivity index (χ1v) is 7.97. The molecule has 1 unspecified atom stereocenters. The van der Waals surface area contributed by atoms with Crippen LogP contribution >= 0.6 is 24.8 Å². The summed E-state index contributed by atoms with van der Waals surface area (Å²) in [5, 5.41) is 10.0. The number of halogens is 2. The van der Waals surface area contributed by atoms with Crippen molar-refractivity contribution < 1.29 is 4.79 Å². The smallest absolute Gasteiger partial charge is 0.242 e. The highest BCUT2D eigenvalue weighted by Crippen LogP contribution is 2.12. The van der Waals surface area contributed by atoms with Crippen LogP contribution in [-0.4, -0.2) is 37.3 Å². The molecule has 0 aliphatic heterocycles. The molecule has 3 aromatic heterocycles. The van der Waals surface area contributed by atoms with Crippen molar-refractivity contribution in [2.24, 2.45) is 7.05 Å². The van der Waals surface area contributed by atoms with E-state index in [0.717, 1.165) is 22.8 Å². The van der Waals surface area contributed by atoms with E-state index in [9.17, 15) is 4.79 Å². The summed E-state index contributed by atoms with van der Waals surface area (Å²) in [6.07, 6.45) is 8.87. The number of hydrogen-bond acceptors (Lipinski definition) is 5. The third kappa shape index (κ3) is 5.29. The molecule has 8 nitrogen and oxygen atoms in total. The van der Waals surface area contributed by atoms with Crippen molar-refractivity contribution in [1.29, 1.82) is 0 Å². The lowest BCUT2D eigenvalue weighted by molar-refractivity contribution is -0.123. The van der Waals surface area contributed by atoms with Gasteiger partial charge < -0.3 is 10.6 Å². The van der Waals surface area contributed by atoms with Crippen LogP contribution in [0.25, 0.3) is 5.82 Å². The number of aryl methyl sites for hydroxylation is 2. The third-order valence-electron chi connectivity index (χ3n) is 3.96. The van der Waals surface area contributed by atoms with Gasteiger partial charge in [0.1, 0.15) is 17.7 Å². The summed E-state index contributed by atoms with van der Waals surface area (Å²) in [6, 6.07) is 3.42. The summed E-state index contributed by atoms with van der Waals surface area (Å²) >= 11 is 0. The van der Waals surface area contributed by atoms with Crippen LogP contribution in [-0.2, 0) is 18.4 Å². The summed E-state index contributed by atoms with van der Waals surface area (Å²) in [5.74, 6) is 1.57. The zero-order valence-corrected chi connectivity index (χ0v) is 16.9. The van der Waals surface area contributed by atoms with Gasteiger partial charge in [-0.3, -0.25) is 14.0 Å². The van der Waals surface area contributed by atoms with E-state index >= 15 is 0 Å². The first-order chi connectivity index (χ1) is 12.1. The second-order valence-electron chi connectivity index (χ2n) is 5.76. The highest BCUT2D eigenvalue weighted by molar-refractivity contribution is 5.85. The Morgan fingerprint density at radius 1 is 1.22 bits per heavy atom. The normalized spacial score (nSPS) is 11.2. The zero-order valence-electron chi connectivity index (χ0n) is 15.3. The van der Waals surface area contributed by atoms with Gasteiger partial charge in [0.05, 0.1) is 6.20 Å². The largest absolute Gasteiger partial charge is 0.350 e. The van der Waals surface area contributed by atoms with E-state index in [2.05, 4.69) is 25.7 Å². The molecule has 27 heavy (non-hydrogen) atoms. The Kier molecular flexibility index (Phi) is 8.42. The van der Waals surface area contributed by atoms with E-state index in [-0.39, 0.29) is 30.7 Å². The minimum atomic E-state index is -0.436. The summed E-state index contributed by atoms with van der Waals surface area (Å²) in [5.41, 5.74) is 1.75. The quantitative estimate of drug-likeness (QED) is 0.644. The Labute approximate surface area is 170 Å². The second-order valence-corrected chi connectivity index (χ2v) is 5.76. The van der Waals surface area contributed by atoms with Crippen molar-refractivity contribution >= 4 is 30.7 Å². The van der Waals surface area contributed by atoms with Crippen LogP contribution in [0.1, 0.15) is 23.0 Å². The molecule has 0 aromatic carbocycles. The van der Waals surface area contributed by atoms with Crippen LogP contribution in [0.2, 0.25) is 0 Å². The highest BCUT2D eigenvalue weighted by Gasteiger charge is 2.19.